The molecule has 0 radical (unpaired) electrons. The molecule has 0 aliphatic heterocycles. The molecule has 2 aliphatic rings. The van der Waals surface area contributed by atoms with Gasteiger partial charge in [-0.25, -0.2) is 4.39 Å². The summed E-state index contributed by atoms with van der Waals surface area (Å²) in [5.74, 6) is 2.83. The zero-order valence-electron chi connectivity index (χ0n) is 15.3. The van der Waals surface area contributed by atoms with Crippen molar-refractivity contribution >= 4 is 0 Å². The summed E-state index contributed by atoms with van der Waals surface area (Å²) in [6.45, 7) is 2.32. The van der Waals surface area contributed by atoms with Gasteiger partial charge in [-0.2, -0.15) is 0 Å². The molecule has 0 spiro atoms. The molecule has 0 saturated heterocycles. The average Bonchev–Trinajstić information content (AvgIpc) is 2.63. The van der Waals surface area contributed by atoms with Crippen LogP contribution in [0, 0.1) is 23.6 Å². The van der Waals surface area contributed by atoms with Crippen LogP contribution in [0.4, 0.5) is 4.39 Å². The molecule has 0 nitrogen and oxygen atoms in total. The maximum atomic E-state index is 13.0. The highest BCUT2D eigenvalue weighted by atomic mass is 19.1. The van der Waals surface area contributed by atoms with Crippen LogP contribution in [0.15, 0.2) is 35.9 Å². The molecule has 0 aromatic heterocycles. The Labute approximate surface area is 147 Å². The quantitative estimate of drug-likeness (QED) is 0.489. The lowest BCUT2D eigenvalue weighted by Gasteiger charge is -2.35. The topological polar surface area (TPSA) is 0 Å². The first kappa shape index (κ1) is 17.7. The lowest BCUT2D eigenvalue weighted by Crippen LogP contribution is -2.23. The minimum absolute atomic E-state index is 0.132. The Bertz CT molecular complexity index is 519. The van der Waals surface area contributed by atoms with Crippen LogP contribution in [-0.4, -0.2) is 0 Å². The number of aryl methyl sites for hydroxylation is 1. The molecular formula is C23H33F. The number of benzene rings is 1. The molecule has 1 saturated carbocycles. The lowest BCUT2D eigenvalue weighted by atomic mass is 9.70. The van der Waals surface area contributed by atoms with E-state index in [1.54, 1.807) is 17.7 Å². The summed E-state index contributed by atoms with van der Waals surface area (Å²) in [5, 5.41) is 0. The summed E-state index contributed by atoms with van der Waals surface area (Å²) in [4.78, 5) is 0. The van der Waals surface area contributed by atoms with Gasteiger partial charge in [0.1, 0.15) is 5.82 Å². The Kier molecular flexibility index (Phi) is 6.51. The van der Waals surface area contributed by atoms with E-state index in [1.807, 2.05) is 12.1 Å². The van der Waals surface area contributed by atoms with E-state index < -0.39 is 0 Å². The Morgan fingerprint density at radius 2 is 1.67 bits per heavy atom. The second-order valence-corrected chi connectivity index (χ2v) is 8.09. The molecule has 1 aromatic rings. The highest BCUT2D eigenvalue weighted by Crippen LogP contribution is 2.41. The Morgan fingerprint density at radius 3 is 2.29 bits per heavy atom. The van der Waals surface area contributed by atoms with Gasteiger partial charge >= 0.3 is 0 Å². The van der Waals surface area contributed by atoms with Crippen molar-refractivity contribution in [2.24, 2.45) is 17.8 Å². The zero-order valence-corrected chi connectivity index (χ0v) is 15.3. The molecule has 1 heteroatoms. The fraction of sp³-hybridized carbons (Fsp3) is 0.652. The van der Waals surface area contributed by atoms with Crippen molar-refractivity contribution in [1.82, 2.24) is 0 Å². The minimum Gasteiger partial charge on any atom is -0.207 e. The van der Waals surface area contributed by atoms with Crippen molar-refractivity contribution in [2.75, 3.05) is 0 Å². The lowest BCUT2D eigenvalue weighted by molar-refractivity contribution is 0.186. The number of allylic oxidation sites excluding steroid dienone is 2. The summed E-state index contributed by atoms with van der Waals surface area (Å²) in [6.07, 6.45) is 17.5. The molecule has 0 heterocycles. The smallest absolute Gasteiger partial charge is 0.123 e. The van der Waals surface area contributed by atoms with Crippen LogP contribution in [-0.2, 0) is 6.42 Å². The third-order valence-corrected chi connectivity index (χ3v) is 6.45. The van der Waals surface area contributed by atoms with Gasteiger partial charge in [-0.15, -0.1) is 0 Å². The maximum absolute atomic E-state index is 13.0. The largest absolute Gasteiger partial charge is 0.207 e. The van der Waals surface area contributed by atoms with Crippen LogP contribution in [0.3, 0.4) is 0 Å². The second kappa shape index (κ2) is 8.83. The van der Waals surface area contributed by atoms with Gasteiger partial charge in [0.05, 0.1) is 0 Å². The molecule has 0 amide bonds. The molecule has 3 rings (SSSR count). The Balaban J connectivity index is 1.42. The monoisotopic (exact) mass is 328 g/mol. The second-order valence-electron chi connectivity index (χ2n) is 8.09. The molecule has 1 fully saturated rings. The van der Waals surface area contributed by atoms with Crippen LogP contribution in [0.1, 0.15) is 76.7 Å². The SMILES string of the molecule is CCC[C@H]1CC[C@H](C2CC=C(CCc3ccc(F)cc3)CC2)CC1. The van der Waals surface area contributed by atoms with Gasteiger partial charge in [-0.05, 0) is 80.4 Å². The van der Waals surface area contributed by atoms with Gasteiger partial charge in [-0.1, -0.05) is 56.4 Å². The van der Waals surface area contributed by atoms with Gasteiger partial charge in [0, 0.05) is 0 Å². The van der Waals surface area contributed by atoms with Crippen LogP contribution in [0.2, 0.25) is 0 Å². The van der Waals surface area contributed by atoms with Crippen LogP contribution < -0.4 is 0 Å². The van der Waals surface area contributed by atoms with E-state index in [0.717, 1.165) is 30.6 Å². The van der Waals surface area contributed by atoms with Crippen molar-refractivity contribution < 1.29 is 4.39 Å². The maximum Gasteiger partial charge on any atom is 0.123 e. The van der Waals surface area contributed by atoms with Crippen LogP contribution in [0.5, 0.6) is 0 Å². The molecular weight excluding hydrogens is 295 g/mol. The van der Waals surface area contributed by atoms with E-state index in [1.165, 1.54) is 63.4 Å². The molecule has 0 N–H and O–H groups in total. The van der Waals surface area contributed by atoms with Crippen molar-refractivity contribution in [3.63, 3.8) is 0 Å². The molecule has 1 unspecified atom stereocenters. The number of halogens is 1. The van der Waals surface area contributed by atoms with Crippen molar-refractivity contribution in [3.05, 3.63) is 47.3 Å². The average molecular weight is 329 g/mol. The van der Waals surface area contributed by atoms with Crippen LogP contribution in [0.25, 0.3) is 0 Å². The summed E-state index contributed by atoms with van der Waals surface area (Å²) >= 11 is 0. The highest BCUT2D eigenvalue weighted by Gasteiger charge is 2.28. The van der Waals surface area contributed by atoms with E-state index in [2.05, 4.69) is 13.0 Å². The first-order chi connectivity index (χ1) is 11.7. The van der Waals surface area contributed by atoms with E-state index in [9.17, 15) is 4.39 Å². The highest BCUT2D eigenvalue weighted by molar-refractivity contribution is 5.18. The Morgan fingerprint density at radius 1 is 0.917 bits per heavy atom. The van der Waals surface area contributed by atoms with Gasteiger partial charge < -0.3 is 0 Å². The summed E-state index contributed by atoms with van der Waals surface area (Å²) in [6, 6.07) is 7.01. The zero-order chi connectivity index (χ0) is 16.8. The molecule has 132 valence electrons. The molecule has 0 bridgehead atoms. The number of hydrogen-bond donors (Lipinski definition) is 0. The number of hydrogen-bond acceptors (Lipinski definition) is 0. The normalized spacial score (nSPS) is 27.8. The van der Waals surface area contributed by atoms with Crippen molar-refractivity contribution in [2.45, 2.75) is 77.6 Å². The number of rotatable bonds is 6. The predicted molar refractivity (Wildman–Crippen MR) is 101 cm³/mol. The van der Waals surface area contributed by atoms with Crippen molar-refractivity contribution in [1.29, 1.82) is 0 Å². The first-order valence-electron chi connectivity index (χ1n) is 10.2. The van der Waals surface area contributed by atoms with Crippen molar-refractivity contribution in [3.8, 4) is 0 Å². The Hall–Kier alpha value is -1.11. The fourth-order valence-corrected chi connectivity index (χ4v) is 4.88. The third-order valence-electron chi connectivity index (χ3n) is 6.45. The molecule has 2 aliphatic carbocycles. The van der Waals surface area contributed by atoms with Gasteiger partial charge in [0.15, 0.2) is 0 Å². The predicted octanol–water partition coefficient (Wildman–Crippen LogP) is 7.09. The summed E-state index contributed by atoms with van der Waals surface area (Å²) < 4.78 is 13.0. The summed E-state index contributed by atoms with van der Waals surface area (Å²) in [5.41, 5.74) is 2.89. The first-order valence-corrected chi connectivity index (χ1v) is 10.2. The molecule has 1 aromatic carbocycles. The van der Waals surface area contributed by atoms with E-state index >= 15 is 0 Å². The fourth-order valence-electron chi connectivity index (χ4n) is 4.88. The third kappa shape index (κ3) is 4.94. The van der Waals surface area contributed by atoms with Gasteiger partial charge in [-0.3, -0.25) is 0 Å². The van der Waals surface area contributed by atoms with Gasteiger partial charge in [0.25, 0.3) is 0 Å². The minimum atomic E-state index is -0.132. The standard InChI is InChI=1S/C23H33F/c1-2-3-18-6-12-21(13-7-18)22-14-8-19(9-15-22)4-5-20-10-16-23(24)17-11-20/h8,10-11,16-18,21-22H,2-7,9,12-15H2,1H3/t18-,21-,22?. The van der Waals surface area contributed by atoms with E-state index in [4.69, 9.17) is 0 Å². The molecule has 1 atom stereocenters. The van der Waals surface area contributed by atoms with E-state index in [-0.39, 0.29) is 5.82 Å². The van der Waals surface area contributed by atoms with E-state index in [0.29, 0.717) is 0 Å². The van der Waals surface area contributed by atoms with Gasteiger partial charge in [0.2, 0.25) is 0 Å². The summed E-state index contributed by atoms with van der Waals surface area (Å²) in [7, 11) is 0. The molecule has 24 heavy (non-hydrogen) atoms. The van der Waals surface area contributed by atoms with Crippen LogP contribution >= 0.6 is 0 Å².